The molecule has 2 heterocycles. The van der Waals surface area contributed by atoms with E-state index in [0.717, 1.165) is 16.5 Å². The van der Waals surface area contributed by atoms with Crippen molar-refractivity contribution in [2.75, 3.05) is 0 Å². The van der Waals surface area contributed by atoms with Crippen molar-refractivity contribution in [3.63, 3.8) is 0 Å². The van der Waals surface area contributed by atoms with Crippen LogP contribution in [0.15, 0.2) is 60.6 Å². The number of pyridine rings is 1. The predicted molar refractivity (Wildman–Crippen MR) is 90.8 cm³/mol. The quantitative estimate of drug-likeness (QED) is 0.778. The first-order chi connectivity index (χ1) is 11.6. The highest BCUT2D eigenvalue weighted by Gasteiger charge is 2.27. The van der Waals surface area contributed by atoms with Gasteiger partial charge in [-0.1, -0.05) is 18.2 Å². The minimum Gasteiger partial charge on any atom is -0.375 e. The minimum atomic E-state index is -0.253. The molecule has 118 valence electrons. The number of aromatic amines is 1. The van der Waals surface area contributed by atoms with E-state index in [2.05, 4.69) is 15.3 Å². The molecule has 1 aliphatic carbocycles. The van der Waals surface area contributed by atoms with Crippen molar-refractivity contribution < 1.29 is 9.59 Å². The maximum absolute atomic E-state index is 12.6. The molecule has 2 aromatic heterocycles. The molecule has 0 radical (unpaired) electrons. The molecule has 24 heavy (non-hydrogen) atoms. The zero-order chi connectivity index (χ0) is 16.7. The number of nitrogens with zero attached hydrogens (tertiary/aromatic N) is 1. The number of fused-ring (bicyclic) bond motifs is 2. The lowest BCUT2D eigenvalue weighted by molar-refractivity contribution is 0.0972. The Balaban J connectivity index is 1.66. The van der Waals surface area contributed by atoms with Gasteiger partial charge >= 0.3 is 0 Å². The van der Waals surface area contributed by atoms with Gasteiger partial charge in [-0.3, -0.25) is 14.6 Å². The fourth-order valence-corrected chi connectivity index (χ4v) is 3.06. The molecule has 5 heteroatoms. The Bertz CT molecular complexity index is 1000. The molecule has 0 saturated heterocycles. The zero-order valence-electron chi connectivity index (χ0n) is 13.0. The van der Waals surface area contributed by atoms with Crippen LogP contribution in [0, 0.1) is 0 Å². The molecule has 3 aromatic rings. The monoisotopic (exact) mass is 317 g/mol. The van der Waals surface area contributed by atoms with Crippen molar-refractivity contribution in [3.8, 4) is 0 Å². The van der Waals surface area contributed by atoms with Gasteiger partial charge in [-0.05, 0) is 30.7 Å². The van der Waals surface area contributed by atoms with Crippen LogP contribution >= 0.6 is 0 Å². The first-order valence-corrected chi connectivity index (χ1v) is 7.73. The maximum atomic E-state index is 12.6. The zero-order valence-corrected chi connectivity index (χ0v) is 13.0. The summed E-state index contributed by atoms with van der Waals surface area (Å²) in [6, 6.07) is 11.1. The van der Waals surface area contributed by atoms with Gasteiger partial charge in [0.25, 0.3) is 0 Å². The summed E-state index contributed by atoms with van der Waals surface area (Å²) >= 11 is 0. The van der Waals surface area contributed by atoms with Gasteiger partial charge in [0.2, 0.25) is 5.78 Å². The summed E-state index contributed by atoms with van der Waals surface area (Å²) in [5.41, 5.74) is 2.92. The lowest BCUT2D eigenvalue weighted by Gasteiger charge is -2.20. The van der Waals surface area contributed by atoms with E-state index >= 15 is 0 Å². The van der Waals surface area contributed by atoms with Crippen molar-refractivity contribution in [2.45, 2.75) is 13.0 Å². The van der Waals surface area contributed by atoms with E-state index in [1.807, 2.05) is 37.4 Å². The van der Waals surface area contributed by atoms with Crippen molar-refractivity contribution in [1.82, 2.24) is 15.3 Å². The number of carbonyl (C=O) groups excluding carboxylic acids is 2. The maximum Gasteiger partial charge on any atom is 0.228 e. The van der Waals surface area contributed by atoms with Crippen LogP contribution in [-0.2, 0) is 0 Å². The Morgan fingerprint density at radius 2 is 1.96 bits per heavy atom. The van der Waals surface area contributed by atoms with Gasteiger partial charge in [-0.15, -0.1) is 0 Å². The number of nitrogens with one attached hydrogen (secondary N) is 2. The molecule has 0 spiro atoms. The number of rotatable bonds is 3. The Kier molecular flexibility index (Phi) is 3.27. The Labute approximate surface area is 138 Å². The highest BCUT2D eigenvalue weighted by molar-refractivity contribution is 6.23. The van der Waals surface area contributed by atoms with E-state index in [9.17, 15) is 9.59 Å². The van der Waals surface area contributed by atoms with Gasteiger partial charge in [0, 0.05) is 29.4 Å². The Hall–Kier alpha value is -3.21. The highest BCUT2D eigenvalue weighted by atomic mass is 16.1. The third kappa shape index (κ3) is 2.22. The molecule has 0 amide bonds. The van der Waals surface area contributed by atoms with Crippen molar-refractivity contribution in [1.29, 1.82) is 0 Å². The smallest absolute Gasteiger partial charge is 0.228 e. The van der Waals surface area contributed by atoms with Crippen LogP contribution in [0.25, 0.3) is 10.9 Å². The van der Waals surface area contributed by atoms with Gasteiger partial charge in [0.05, 0.1) is 17.3 Å². The largest absolute Gasteiger partial charge is 0.375 e. The minimum absolute atomic E-state index is 0.130. The number of hydrogen-bond donors (Lipinski definition) is 2. The Morgan fingerprint density at radius 1 is 1.12 bits per heavy atom. The topological polar surface area (TPSA) is 74.8 Å². The second-order valence-corrected chi connectivity index (χ2v) is 5.81. The summed E-state index contributed by atoms with van der Waals surface area (Å²) in [4.78, 5) is 32.1. The summed E-state index contributed by atoms with van der Waals surface area (Å²) in [7, 11) is 0. The first kappa shape index (κ1) is 14.4. The van der Waals surface area contributed by atoms with Crippen LogP contribution in [0.2, 0.25) is 0 Å². The number of allylic oxidation sites excluding steroid dienone is 2. The molecule has 1 atom stereocenters. The van der Waals surface area contributed by atoms with E-state index in [0.29, 0.717) is 5.56 Å². The number of para-hydroxylation sites is 1. The second-order valence-electron chi connectivity index (χ2n) is 5.81. The molecule has 5 nitrogen and oxygen atoms in total. The molecule has 1 aliphatic rings. The third-order valence-electron chi connectivity index (χ3n) is 4.27. The van der Waals surface area contributed by atoms with E-state index in [1.54, 1.807) is 12.1 Å². The fourth-order valence-electron chi connectivity index (χ4n) is 3.06. The normalized spacial score (nSPS) is 15.1. The molecule has 1 aromatic carbocycles. The summed E-state index contributed by atoms with van der Waals surface area (Å²) in [5, 5.41) is 4.25. The van der Waals surface area contributed by atoms with Crippen LogP contribution in [-0.4, -0.2) is 21.5 Å². The van der Waals surface area contributed by atoms with Gasteiger partial charge in [-0.25, -0.2) is 0 Å². The standard InChI is InChI=1S/C19H15N3O2/c1-11(14-10-21-15-7-3-2-5-12(14)15)22-16-9-17(23)13-6-4-8-20-18(13)19(16)24/h2-11,21-22H,1H3. The summed E-state index contributed by atoms with van der Waals surface area (Å²) in [6.45, 7) is 1.96. The lowest BCUT2D eigenvalue weighted by atomic mass is 9.96. The number of ketones is 2. The number of benzene rings is 1. The molecule has 4 rings (SSSR count). The molecular weight excluding hydrogens is 302 g/mol. The molecule has 0 bridgehead atoms. The van der Waals surface area contributed by atoms with Crippen LogP contribution in [0.3, 0.4) is 0 Å². The first-order valence-electron chi connectivity index (χ1n) is 7.73. The van der Waals surface area contributed by atoms with Gasteiger partial charge in [-0.2, -0.15) is 0 Å². The summed E-state index contributed by atoms with van der Waals surface area (Å²) in [6.07, 6.45) is 4.80. The molecule has 1 unspecified atom stereocenters. The highest BCUT2D eigenvalue weighted by Crippen LogP contribution is 2.26. The van der Waals surface area contributed by atoms with Crippen LogP contribution < -0.4 is 5.32 Å². The van der Waals surface area contributed by atoms with Crippen molar-refractivity contribution in [3.05, 3.63) is 77.4 Å². The average Bonchev–Trinajstić information content (AvgIpc) is 3.03. The third-order valence-corrected chi connectivity index (χ3v) is 4.27. The van der Waals surface area contributed by atoms with Gasteiger partial charge in [0.1, 0.15) is 5.69 Å². The lowest BCUT2D eigenvalue weighted by Crippen LogP contribution is -2.29. The number of hydrogen-bond acceptors (Lipinski definition) is 4. The van der Waals surface area contributed by atoms with E-state index in [-0.39, 0.29) is 29.0 Å². The van der Waals surface area contributed by atoms with E-state index in [1.165, 1.54) is 12.3 Å². The van der Waals surface area contributed by atoms with Crippen LogP contribution in [0.1, 0.15) is 39.4 Å². The fraction of sp³-hybridized carbons (Fsp3) is 0.105. The van der Waals surface area contributed by atoms with Crippen LogP contribution in [0.5, 0.6) is 0 Å². The SMILES string of the molecule is CC(NC1=CC(=O)c2cccnc2C1=O)c1c[nH]c2ccccc12. The molecule has 2 N–H and O–H groups in total. The van der Waals surface area contributed by atoms with Gasteiger partial charge in [0.15, 0.2) is 5.78 Å². The van der Waals surface area contributed by atoms with Crippen molar-refractivity contribution >= 4 is 22.5 Å². The second kappa shape index (κ2) is 5.45. The molecule has 0 saturated carbocycles. The molecule has 0 fully saturated rings. The van der Waals surface area contributed by atoms with E-state index < -0.39 is 0 Å². The van der Waals surface area contributed by atoms with Gasteiger partial charge < -0.3 is 10.3 Å². The number of H-pyrrole nitrogens is 1. The van der Waals surface area contributed by atoms with Crippen LogP contribution in [0.4, 0.5) is 0 Å². The number of aromatic nitrogens is 2. The Morgan fingerprint density at radius 3 is 2.83 bits per heavy atom. The number of Topliss-reactive ketones (excluding diaryl/α,β-unsaturated/α-hetero) is 1. The summed E-state index contributed by atoms with van der Waals surface area (Å²) in [5.74, 6) is -0.455. The average molecular weight is 317 g/mol. The van der Waals surface area contributed by atoms with E-state index in [4.69, 9.17) is 0 Å². The predicted octanol–water partition coefficient (Wildman–Crippen LogP) is 3.18. The molecular formula is C19H15N3O2. The van der Waals surface area contributed by atoms with Crippen molar-refractivity contribution in [2.24, 2.45) is 0 Å². The summed E-state index contributed by atoms with van der Waals surface area (Å²) < 4.78 is 0. The number of carbonyl (C=O) groups is 2. The molecule has 0 aliphatic heterocycles.